The number of hydrogen-bond donors (Lipinski definition) is 2. The van der Waals surface area contributed by atoms with Crippen molar-refractivity contribution in [3.63, 3.8) is 0 Å². The maximum Gasteiger partial charge on any atom is 0.0638 e. The summed E-state index contributed by atoms with van der Waals surface area (Å²) in [6, 6.07) is 6.25. The first-order valence-electron chi connectivity index (χ1n) is 5.06. The molecular formula is C11H15ClN2. The van der Waals surface area contributed by atoms with Gasteiger partial charge in [-0.05, 0) is 31.0 Å². The van der Waals surface area contributed by atoms with Gasteiger partial charge in [0.25, 0.3) is 0 Å². The maximum atomic E-state index is 5.98. The van der Waals surface area contributed by atoms with Crippen LogP contribution in [0.3, 0.4) is 0 Å². The lowest BCUT2D eigenvalue weighted by molar-refractivity contribution is 0.413. The number of nitrogens with two attached hydrogens (primary N) is 1. The molecule has 0 aromatic heterocycles. The van der Waals surface area contributed by atoms with Crippen molar-refractivity contribution in [1.29, 1.82) is 0 Å². The predicted molar refractivity (Wildman–Crippen MR) is 60.5 cm³/mol. The number of para-hydroxylation sites is 1. The summed E-state index contributed by atoms with van der Waals surface area (Å²) >= 11 is 5.98. The van der Waals surface area contributed by atoms with Crippen molar-refractivity contribution in [1.82, 2.24) is 5.32 Å². The SMILES string of the molecule is Nc1c(Cl)cccc1[C@@H]1CCCCN1. The number of nitrogens with one attached hydrogen (secondary N) is 1. The molecule has 0 amide bonds. The van der Waals surface area contributed by atoms with Crippen LogP contribution in [-0.2, 0) is 0 Å². The minimum atomic E-state index is 0.391. The maximum absolute atomic E-state index is 5.98. The average molecular weight is 211 g/mol. The molecule has 0 spiro atoms. The Morgan fingerprint density at radius 1 is 1.36 bits per heavy atom. The van der Waals surface area contributed by atoms with Crippen LogP contribution in [-0.4, -0.2) is 6.54 Å². The quantitative estimate of drug-likeness (QED) is 0.700. The zero-order chi connectivity index (χ0) is 9.97. The standard InChI is InChI=1S/C11H15ClN2/c12-9-5-3-4-8(11(9)13)10-6-1-2-7-14-10/h3-5,10,14H,1-2,6-7,13H2/t10-/m0/s1. The van der Waals surface area contributed by atoms with E-state index in [0.29, 0.717) is 11.1 Å². The number of piperidine rings is 1. The molecule has 0 radical (unpaired) electrons. The van der Waals surface area contributed by atoms with Crippen LogP contribution in [0.25, 0.3) is 0 Å². The summed E-state index contributed by atoms with van der Waals surface area (Å²) in [4.78, 5) is 0. The second kappa shape index (κ2) is 4.20. The summed E-state index contributed by atoms with van der Waals surface area (Å²) in [6.45, 7) is 1.08. The smallest absolute Gasteiger partial charge is 0.0638 e. The van der Waals surface area contributed by atoms with Crippen molar-refractivity contribution in [3.05, 3.63) is 28.8 Å². The molecule has 1 heterocycles. The van der Waals surface area contributed by atoms with Crippen LogP contribution in [0.5, 0.6) is 0 Å². The first-order chi connectivity index (χ1) is 6.79. The van der Waals surface area contributed by atoms with Crippen molar-refractivity contribution in [3.8, 4) is 0 Å². The van der Waals surface area contributed by atoms with E-state index in [0.717, 1.165) is 24.2 Å². The minimum absolute atomic E-state index is 0.391. The first-order valence-corrected chi connectivity index (χ1v) is 5.44. The fraction of sp³-hybridized carbons (Fsp3) is 0.455. The summed E-state index contributed by atoms with van der Waals surface area (Å²) in [5.41, 5.74) is 7.82. The van der Waals surface area contributed by atoms with Gasteiger partial charge in [0, 0.05) is 6.04 Å². The fourth-order valence-electron chi connectivity index (χ4n) is 1.97. The number of anilines is 1. The van der Waals surface area contributed by atoms with Gasteiger partial charge in [0.1, 0.15) is 0 Å². The van der Waals surface area contributed by atoms with Gasteiger partial charge in [0.05, 0.1) is 10.7 Å². The van der Waals surface area contributed by atoms with E-state index in [9.17, 15) is 0 Å². The summed E-state index contributed by atoms with van der Waals surface area (Å²) in [6.07, 6.45) is 3.69. The molecule has 2 nitrogen and oxygen atoms in total. The number of hydrogen-bond acceptors (Lipinski definition) is 2. The van der Waals surface area contributed by atoms with Gasteiger partial charge in [-0.15, -0.1) is 0 Å². The van der Waals surface area contributed by atoms with Crippen molar-refractivity contribution < 1.29 is 0 Å². The van der Waals surface area contributed by atoms with Gasteiger partial charge < -0.3 is 11.1 Å². The molecule has 0 bridgehead atoms. The Hall–Kier alpha value is -0.730. The lowest BCUT2D eigenvalue weighted by Crippen LogP contribution is -2.27. The van der Waals surface area contributed by atoms with E-state index in [1.807, 2.05) is 12.1 Å². The Labute approximate surface area is 89.4 Å². The first kappa shape index (κ1) is 9.81. The van der Waals surface area contributed by atoms with Crippen LogP contribution < -0.4 is 11.1 Å². The van der Waals surface area contributed by atoms with E-state index < -0.39 is 0 Å². The van der Waals surface area contributed by atoms with E-state index in [4.69, 9.17) is 17.3 Å². The highest BCUT2D eigenvalue weighted by Gasteiger charge is 2.17. The largest absolute Gasteiger partial charge is 0.397 e. The molecule has 3 N–H and O–H groups in total. The highest BCUT2D eigenvalue weighted by atomic mass is 35.5. The molecule has 0 aliphatic carbocycles. The topological polar surface area (TPSA) is 38.0 Å². The third-order valence-corrected chi connectivity index (χ3v) is 3.10. The second-order valence-electron chi connectivity index (χ2n) is 3.75. The van der Waals surface area contributed by atoms with E-state index in [1.165, 1.54) is 12.8 Å². The lowest BCUT2D eigenvalue weighted by atomic mass is 9.96. The molecule has 1 aromatic rings. The molecule has 3 heteroatoms. The molecule has 0 saturated carbocycles. The van der Waals surface area contributed by atoms with Crippen molar-refractivity contribution in [2.24, 2.45) is 0 Å². The zero-order valence-electron chi connectivity index (χ0n) is 8.09. The zero-order valence-corrected chi connectivity index (χ0v) is 8.85. The molecule has 76 valence electrons. The second-order valence-corrected chi connectivity index (χ2v) is 4.15. The van der Waals surface area contributed by atoms with Gasteiger partial charge in [0.15, 0.2) is 0 Å². The average Bonchev–Trinajstić information content (AvgIpc) is 2.23. The van der Waals surface area contributed by atoms with Crippen LogP contribution in [0.1, 0.15) is 30.9 Å². The Balaban J connectivity index is 2.26. The molecule has 1 fully saturated rings. The van der Waals surface area contributed by atoms with E-state index in [1.54, 1.807) is 0 Å². The Morgan fingerprint density at radius 3 is 2.93 bits per heavy atom. The van der Waals surface area contributed by atoms with Crippen LogP contribution in [0, 0.1) is 0 Å². The van der Waals surface area contributed by atoms with Gasteiger partial charge in [-0.25, -0.2) is 0 Å². The molecule has 2 rings (SSSR count). The summed E-state index contributed by atoms with van der Waals surface area (Å²) in [5.74, 6) is 0. The Morgan fingerprint density at radius 2 is 2.21 bits per heavy atom. The van der Waals surface area contributed by atoms with Gasteiger partial charge in [0.2, 0.25) is 0 Å². The van der Waals surface area contributed by atoms with Crippen molar-refractivity contribution in [2.75, 3.05) is 12.3 Å². The van der Waals surface area contributed by atoms with Crippen LogP contribution in [0.15, 0.2) is 18.2 Å². The summed E-state index contributed by atoms with van der Waals surface area (Å²) in [5, 5.41) is 4.13. The van der Waals surface area contributed by atoms with Gasteiger partial charge in [-0.3, -0.25) is 0 Å². The third-order valence-electron chi connectivity index (χ3n) is 2.77. The highest BCUT2D eigenvalue weighted by Crippen LogP contribution is 2.31. The fourth-order valence-corrected chi connectivity index (χ4v) is 2.16. The van der Waals surface area contributed by atoms with Crippen LogP contribution >= 0.6 is 11.6 Å². The molecular weight excluding hydrogens is 196 g/mol. The van der Waals surface area contributed by atoms with Gasteiger partial charge >= 0.3 is 0 Å². The van der Waals surface area contributed by atoms with Crippen molar-refractivity contribution in [2.45, 2.75) is 25.3 Å². The third kappa shape index (κ3) is 1.86. The van der Waals surface area contributed by atoms with Gasteiger partial charge in [-0.1, -0.05) is 30.2 Å². The van der Waals surface area contributed by atoms with Crippen LogP contribution in [0.2, 0.25) is 5.02 Å². The molecule has 14 heavy (non-hydrogen) atoms. The Bertz CT molecular complexity index is 319. The molecule has 1 aliphatic heterocycles. The molecule has 1 atom stereocenters. The van der Waals surface area contributed by atoms with Crippen LogP contribution in [0.4, 0.5) is 5.69 Å². The van der Waals surface area contributed by atoms with E-state index in [-0.39, 0.29) is 0 Å². The van der Waals surface area contributed by atoms with E-state index >= 15 is 0 Å². The summed E-state index contributed by atoms with van der Waals surface area (Å²) in [7, 11) is 0. The minimum Gasteiger partial charge on any atom is -0.397 e. The number of rotatable bonds is 1. The number of nitrogen functional groups attached to an aromatic ring is 1. The van der Waals surface area contributed by atoms with E-state index in [2.05, 4.69) is 11.4 Å². The number of benzene rings is 1. The molecule has 1 aromatic carbocycles. The molecule has 1 saturated heterocycles. The van der Waals surface area contributed by atoms with Crippen molar-refractivity contribution >= 4 is 17.3 Å². The lowest BCUT2D eigenvalue weighted by Gasteiger charge is -2.25. The normalized spacial score (nSPS) is 22.2. The predicted octanol–water partition coefficient (Wildman–Crippen LogP) is 2.74. The molecule has 0 unspecified atom stereocenters. The highest BCUT2D eigenvalue weighted by molar-refractivity contribution is 6.33. The summed E-state index contributed by atoms with van der Waals surface area (Å²) < 4.78 is 0. The Kier molecular flexibility index (Phi) is 2.94. The monoisotopic (exact) mass is 210 g/mol. The van der Waals surface area contributed by atoms with Gasteiger partial charge in [-0.2, -0.15) is 0 Å². The molecule has 1 aliphatic rings. The number of halogens is 1.